The summed E-state index contributed by atoms with van der Waals surface area (Å²) in [6.07, 6.45) is 4.47. The van der Waals surface area contributed by atoms with Gasteiger partial charge in [0.25, 0.3) is 0 Å². The molecule has 0 aliphatic rings. The van der Waals surface area contributed by atoms with Crippen molar-refractivity contribution in [2.75, 3.05) is 0 Å². The highest BCUT2D eigenvalue weighted by atomic mass is 35.5. The van der Waals surface area contributed by atoms with Crippen LogP contribution in [-0.4, -0.2) is 25.5 Å². The molecule has 2 aromatic rings. The molecule has 0 saturated carbocycles. The quantitative estimate of drug-likeness (QED) is 0.543. The van der Waals surface area contributed by atoms with Gasteiger partial charge in [-0.25, -0.2) is 14.1 Å². The van der Waals surface area contributed by atoms with Gasteiger partial charge in [-0.2, -0.15) is 5.10 Å². The van der Waals surface area contributed by atoms with Crippen molar-refractivity contribution in [2.45, 2.75) is 63.8 Å². The number of aliphatic hydroxyl groups is 1. The zero-order valence-electron chi connectivity index (χ0n) is 14.8. The Morgan fingerprint density at radius 1 is 1.28 bits per heavy atom. The summed E-state index contributed by atoms with van der Waals surface area (Å²) in [4.78, 5) is 4.00. The first kappa shape index (κ1) is 20.2. The second-order valence-electron chi connectivity index (χ2n) is 7.44. The van der Waals surface area contributed by atoms with Crippen LogP contribution < -0.4 is 0 Å². The molecule has 0 aliphatic carbocycles. The molecule has 0 radical (unpaired) electrons. The molecule has 0 spiro atoms. The predicted octanol–water partition coefficient (Wildman–Crippen LogP) is 4.55. The van der Waals surface area contributed by atoms with Crippen molar-refractivity contribution in [3.05, 3.63) is 40.9 Å². The van der Waals surface area contributed by atoms with E-state index in [4.69, 9.17) is 11.6 Å². The molecule has 1 aromatic heterocycles. The first-order valence-corrected chi connectivity index (χ1v) is 9.18. The smallest absolute Gasteiger partial charge is 0.183 e. The summed E-state index contributed by atoms with van der Waals surface area (Å²) >= 11 is 10.3. The lowest BCUT2D eigenvalue weighted by molar-refractivity contribution is -0.0829. The summed E-state index contributed by atoms with van der Waals surface area (Å²) < 4.78 is 14.7. The number of hydrogen-bond acceptors (Lipinski definition) is 4. The van der Waals surface area contributed by atoms with Gasteiger partial charge in [0.1, 0.15) is 12.1 Å². The SMILES string of the molecule is CC(C)(C)C(O)(CCCCc1ccc(F)cc1Cl)Cn1ncnc1S. The maximum Gasteiger partial charge on any atom is 0.183 e. The Morgan fingerprint density at radius 2 is 2.00 bits per heavy atom. The number of nitrogens with zero attached hydrogens (tertiary/aromatic N) is 3. The van der Waals surface area contributed by atoms with E-state index in [0.29, 0.717) is 23.1 Å². The summed E-state index contributed by atoms with van der Waals surface area (Å²) in [7, 11) is 0. The lowest BCUT2D eigenvalue weighted by atomic mass is 9.73. The van der Waals surface area contributed by atoms with Crippen LogP contribution in [0.25, 0.3) is 0 Å². The molecule has 0 saturated heterocycles. The molecule has 1 aromatic carbocycles. The lowest BCUT2D eigenvalue weighted by Gasteiger charge is -2.40. The fourth-order valence-corrected chi connectivity index (χ4v) is 3.20. The zero-order chi connectivity index (χ0) is 18.7. The maximum atomic E-state index is 13.1. The van der Waals surface area contributed by atoms with Crippen LogP contribution in [-0.2, 0) is 13.0 Å². The van der Waals surface area contributed by atoms with E-state index in [1.54, 1.807) is 10.7 Å². The average molecular weight is 386 g/mol. The van der Waals surface area contributed by atoms with Crippen LogP contribution in [0.1, 0.15) is 45.6 Å². The van der Waals surface area contributed by atoms with Crippen LogP contribution in [0.5, 0.6) is 0 Å². The van der Waals surface area contributed by atoms with Gasteiger partial charge in [0.2, 0.25) is 0 Å². The van der Waals surface area contributed by atoms with E-state index in [1.165, 1.54) is 18.5 Å². The summed E-state index contributed by atoms with van der Waals surface area (Å²) in [5.74, 6) is -0.328. The third-order valence-electron chi connectivity index (χ3n) is 4.70. The molecule has 1 atom stereocenters. The molecule has 138 valence electrons. The largest absolute Gasteiger partial charge is 0.387 e. The van der Waals surface area contributed by atoms with Crippen molar-refractivity contribution in [2.24, 2.45) is 5.41 Å². The third kappa shape index (κ3) is 5.19. The highest BCUT2D eigenvalue weighted by Gasteiger charge is 2.40. The van der Waals surface area contributed by atoms with Crippen molar-refractivity contribution >= 4 is 24.2 Å². The number of aromatic nitrogens is 3. The lowest BCUT2D eigenvalue weighted by Crippen LogP contribution is -2.46. The first-order chi connectivity index (χ1) is 11.6. The molecule has 1 N–H and O–H groups in total. The van der Waals surface area contributed by atoms with Gasteiger partial charge in [-0.15, -0.1) is 12.6 Å². The zero-order valence-corrected chi connectivity index (χ0v) is 16.5. The minimum Gasteiger partial charge on any atom is -0.387 e. The second kappa shape index (κ2) is 8.06. The molecule has 4 nitrogen and oxygen atoms in total. The van der Waals surface area contributed by atoms with Crippen LogP contribution in [0.3, 0.4) is 0 Å². The van der Waals surface area contributed by atoms with Crippen molar-refractivity contribution in [3.63, 3.8) is 0 Å². The fraction of sp³-hybridized carbons (Fsp3) is 0.556. The summed E-state index contributed by atoms with van der Waals surface area (Å²) in [6.45, 7) is 6.38. The van der Waals surface area contributed by atoms with Crippen LogP contribution in [0.4, 0.5) is 4.39 Å². The first-order valence-electron chi connectivity index (χ1n) is 8.35. The number of hydrogen-bond donors (Lipinski definition) is 2. The maximum absolute atomic E-state index is 13.1. The Hall–Kier alpha value is -1.11. The molecule has 1 heterocycles. The molecule has 0 bridgehead atoms. The highest BCUT2D eigenvalue weighted by molar-refractivity contribution is 7.80. The number of rotatable bonds is 7. The normalized spacial score (nSPS) is 14.5. The molecule has 0 fully saturated rings. The van der Waals surface area contributed by atoms with Crippen LogP contribution >= 0.6 is 24.2 Å². The number of halogens is 2. The van der Waals surface area contributed by atoms with E-state index < -0.39 is 5.60 Å². The molecule has 0 aliphatic heterocycles. The number of benzene rings is 1. The van der Waals surface area contributed by atoms with Crippen LogP contribution in [0.15, 0.2) is 29.7 Å². The second-order valence-corrected chi connectivity index (χ2v) is 8.25. The monoisotopic (exact) mass is 385 g/mol. The minimum atomic E-state index is -0.940. The number of thiol groups is 1. The summed E-state index contributed by atoms with van der Waals surface area (Å²) in [6, 6.07) is 4.48. The van der Waals surface area contributed by atoms with Gasteiger partial charge in [-0.05, 0) is 42.4 Å². The number of aryl methyl sites for hydroxylation is 1. The van der Waals surface area contributed by atoms with Crippen molar-refractivity contribution in [1.29, 1.82) is 0 Å². The van der Waals surface area contributed by atoms with E-state index in [2.05, 4.69) is 22.7 Å². The van der Waals surface area contributed by atoms with Crippen LogP contribution in [0.2, 0.25) is 5.02 Å². The summed E-state index contributed by atoms with van der Waals surface area (Å²) in [5.41, 5.74) is -0.339. The van der Waals surface area contributed by atoms with E-state index in [0.717, 1.165) is 24.8 Å². The van der Waals surface area contributed by atoms with Gasteiger partial charge < -0.3 is 5.11 Å². The Labute approximate surface area is 158 Å². The standard InChI is InChI=1S/C18H25ClFN3OS/c1-17(2,3)18(24,11-23-16(25)21-12-22-23)9-5-4-6-13-7-8-14(20)10-15(13)19/h7-8,10,12,24H,4-6,9,11H2,1-3H3,(H,21,22,25). The van der Waals surface area contributed by atoms with E-state index in [-0.39, 0.29) is 11.2 Å². The molecular formula is C18H25ClFN3OS. The van der Waals surface area contributed by atoms with E-state index >= 15 is 0 Å². The van der Waals surface area contributed by atoms with Crippen molar-refractivity contribution in [1.82, 2.24) is 14.8 Å². The molecule has 2 rings (SSSR count). The van der Waals surface area contributed by atoms with Gasteiger partial charge in [-0.3, -0.25) is 0 Å². The topological polar surface area (TPSA) is 50.9 Å². The Balaban J connectivity index is 1.97. The van der Waals surface area contributed by atoms with Gasteiger partial charge in [0.05, 0.1) is 12.1 Å². The van der Waals surface area contributed by atoms with Gasteiger partial charge in [-0.1, -0.05) is 44.9 Å². The Morgan fingerprint density at radius 3 is 2.56 bits per heavy atom. The highest BCUT2D eigenvalue weighted by Crippen LogP contribution is 2.36. The third-order valence-corrected chi connectivity index (χ3v) is 5.40. The predicted molar refractivity (Wildman–Crippen MR) is 101 cm³/mol. The average Bonchev–Trinajstić information content (AvgIpc) is 2.89. The van der Waals surface area contributed by atoms with Crippen molar-refractivity contribution < 1.29 is 9.50 Å². The molecular weight excluding hydrogens is 361 g/mol. The molecule has 7 heteroatoms. The van der Waals surface area contributed by atoms with E-state index in [1.807, 2.05) is 20.8 Å². The van der Waals surface area contributed by atoms with Crippen molar-refractivity contribution in [3.8, 4) is 0 Å². The fourth-order valence-electron chi connectivity index (χ4n) is 2.77. The summed E-state index contributed by atoms with van der Waals surface area (Å²) in [5, 5.41) is 16.3. The Kier molecular flexibility index (Phi) is 6.51. The van der Waals surface area contributed by atoms with Gasteiger partial charge >= 0.3 is 0 Å². The molecule has 1 unspecified atom stereocenters. The van der Waals surface area contributed by atoms with Crippen LogP contribution in [0, 0.1) is 11.2 Å². The van der Waals surface area contributed by atoms with Gasteiger partial charge in [0, 0.05) is 5.02 Å². The van der Waals surface area contributed by atoms with Gasteiger partial charge in [0.15, 0.2) is 5.16 Å². The molecule has 0 amide bonds. The molecule has 25 heavy (non-hydrogen) atoms. The van der Waals surface area contributed by atoms with E-state index in [9.17, 15) is 9.50 Å². The Bertz CT molecular complexity index is 717. The minimum absolute atomic E-state index is 0.327. The number of unbranched alkanes of at least 4 members (excludes halogenated alkanes) is 1.